The van der Waals surface area contributed by atoms with Gasteiger partial charge < -0.3 is 9.74 Å². The predicted octanol–water partition coefficient (Wildman–Crippen LogP) is 4.13. The Labute approximate surface area is 264 Å². The van der Waals surface area contributed by atoms with Gasteiger partial charge in [-0.3, -0.25) is 29.2 Å². The van der Waals surface area contributed by atoms with E-state index in [0.29, 0.717) is 39.4 Å². The van der Waals surface area contributed by atoms with Gasteiger partial charge in [-0.05, 0) is 107 Å². The fourth-order valence-electron chi connectivity index (χ4n) is 7.70. The smallest absolute Gasteiger partial charge is 0.325 e. The summed E-state index contributed by atoms with van der Waals surface area (Å²) in [6.45, 7) is 19.9. The molecule has 44 heavy (non-hydrogen) atoms. The van der Waals surface area contributed by atoms with Crippen LogP contribution in [0.1, 0.15) is 73.1 Å². The maximum absolute atomic E-state index is 12.1. The summed E-state index contributed by atoms with van der Waals surface area (Å²) in [6, 6.07) is 0. The lowest BCUT2D eigenvalue weighted by atomic mass is 9.81. The minimum Gasteiger partial charge on any atom is -0.325 e. The highest BCUT2D eigenvalue weighted by Gasteiger charge is 2.63. The third kappa shape index (κ3) is 7.15. The Morgan fingerprint density at radius 2 is 1.07 bits per heavy atom. The first-order valence-corrected chi connectivity index (χ1v) is 16.0. The van der Waals surface area contributed by atoms with Crippen molar-refractivity contribution in [3.63, 3.8) is 0 Å². The number of nitrogens with zero attached hydrogens (tertiary/aromatic N) is 3. The molecule has 1 N–H and O–H groups in total. The Kier molecular flexibility index (Phi) is 12.1. The van der Waals surface area contributed by atoms with Crippen LogP contribution in [-0.2, 0) is 33.6 Å². The molecule has 6 fully saturated rings. The number of imide groups is 2. The molecule has 0 aromatic rings. The summed E-state index contributed by atoms with van der Waals surface area (Å²) in [5.74, 6) is -1.68. The van der Waals surface area contributed by atoms with E-state index < -0.39 is 11.2 Å². The third-order valence-corrected chi connectivity index (χ3v) is 10.3. The molecule has 2 heterocycles. The zero-order valence-corrected chi connectivity index (χ0v) is 27.2. The molecule has 0 aromatic carbocycles. The number of hydrogen-bond acceptors (Lipinski definition) is 9. The molecule has 2 aliphatic heterocycles. The van der Waals surface area contributed by atoms with Crippen molar-refractivity contribution < 1.29 is 38.8 Å². The van der Waals surface area contributed by atoms with Gasteiger partial charge in [-0.1, -0.05) is 33.9 Å². The van der Waals surface area contributed by atoms with Crippen LogP contribution in [0.2, 0.25) is 0 Å². The van der Waals surface area contributed by atoms with E-state index in [1.807, 2.05) is 0 Å². The van der Waals surface area contributed by atoms with Crippen LogP contribution in [0.3, 0.4) is 0 Å². The Hall–Kier alpha value is -2.89. The number of allylic oxidation sites excluding steroid dienone is 1. The summed E-state index contributed by atoms with van der Waals surface area (Å²) in [5.41, 5.74) is 0.562. The van der Waals surface area contributed by atoms with Crippen molar-refractivity contribution in [1.82, 2.24) is 15.0 Å². The zero-order valence-electron chi connectivity index (χ0n) is 26.4. The Morgan fingerprint density at radius 1 is 0.750 bits per heavy atom. The maximum Gasteiger partial charge on any atom is 0.359 e. The average Bonchev–Trinajstić information content (AvgIpc) is 3.84. The fourth-order valence-corrected chi connectivity index (χ4v) is 7.70. The molecule has 11 nitrogen and oxygen atoms in total. The van der Waals surface area contributed by atoms with Crippen LogP contribution in [0.4, 0.5) is 0 Å². The molecule has 6 rings (SSSR count). The number of amides is 4. The van der Waals surface area contributed by atoms with Gasteiger partial charge in [0.2, 0.25) is 5.24 Å². The first-order valence-electron chi connectivity index (χ1n) is 15.6. The molecule has 12 heteroatoms. The van der Waals surface area contributed by atoms with E-state index in [0.717, 1.165) is 38.5 Å². The van der Waals surface area contributed by atoms with Crippen molar-refractivity contribution in [2.24, 2.45) is 47.3 Å². The molecule has 4 saturated carbocycles. The molecule has 4 aliphatic carbocycles. The molecule has 8 unspecified atom stereocenters. The van der Waals surface area contributed by atoms with Crippen LogP contribution in [0, 0.1) is 47.3 Å². The van der Waals surface area contributed by atoms with Gasteiger partial charge in [0.15, 0.2) is 0 Å². The Balaban J connectivity index is 0.000000178. The van der Waals surface area contributed by atoms with Gasteiger partial charge in [0.05, 0.1) is 23.7 Å². The SMILES string of the molecule is C=C(C)C(=O)Cl.C=C(C)C(=O)ON1C(=O)C2C3CCC(C3)C2C1=O.CCN(CC)CC.O=C1C2C3CCC(C3)C2C(=O)N1O. The summed E-state index contributed by atoms with van der Waals surface area (Å²) >= 11 is 4.87. The normalized spacial score (nSPS) is 31.9. The Bertz CT molecular complexity index is 1130. The number of rotatable bonds is 6. The van der Waals surface area contributed by atoms with Crippen LogP contribution in [-0.4, -0.2) is 74.7 Å². The number of carbonyl (C=O) groups is 6. The second-order valence-corrected chi connectivity index (χ2v) is 12.9. The van der Waals surface area contributed by atoms with Crippen molar-refractivity contribution in [1.29, 1.82) is 0 Å². The highest BCUT2D eigenvalue weighted by Crippen LogP contribution is 2.57. The quantitative estimate of drug-likeness (QED) is 0.197. The topological polar surface area (TPSA) is 142 Å². The molecular weight excluding hydrogens is 590 g/mol. The van der Waals surface area contributed by atoms with E-state index in [2.05, 4.69) is 38.8 Å². The lowest BCUT2D eigenvalue weighted by molar-refractivity contribution is -0.196. The van der Waals surface area contributed by atoms with E-state index in [1.54, 1.807) is 6.92 Å². The van der Waals surface area contributed by atoms with Gasteiger partial charge in [0.25, 0.3) is 23.6 Å². The summed E-state index contributed by atoms with van der Waals surface area (Å²) in [4.78, 5) is 75.6. The lowest BCUT2D eigenvalue weighted by Crippen LogP contribution is -2.35. The maximum atomic E-state index is 12.1. The zero-order chi connectivity index (χ0) is 33.0. The minimum atomic E-state index is -0.718. The van der Waals surface area contributed by atoms with Gasteiger partial charge in [0.1, 0.15) is 0 Å². The molecule has 4 amide bonds. The number of halogens is 1. The minimum absolute atomic E-state index is 0.177. The van der Waals surface area contributed by atoms with Crippen molar-refractivity contribution in [2.45, 2.75) is 73.1 Å². The number of fused-ring (bicyclic) bond motifs is 10. The summed E-state index contributed by atoms with van der Waals surface area (Å²) < 4.78 is 0. The average molecular weight is 636 g/mol. The van der Waals surface area contributed by atoms with Crippen LogP contribution in [0.25, 0.3) is 0 Å². The fraction of sp³-hybridized carbons (Fsp3) is 0.688. The van der Waals surface area contributed by atoms with Crippen LogP contribution >= 0.6 is 11.6 Å². The molecule has 2 saturated heterocycles. The van der Waals surface area contributed by atoms with Gasteiger partial charge in [-0.15, -0.1) is 5.06 Å². The van der Waals surface area contributed by atoms with E-state index in [4.69, 9.17) is 21.6 Å². The highest BCUT2D eigenvalue weighted by molar-refractivity contribution is 6.67. The van der Waals surface area contributed by atoms with Crippen molar-refractivity contribution in [3.8, 4) is 0 Å². The number of hydroxylamine groups is 4. The summed E-state index contributed by atoms with van der Waals surface area (Å²) in [6.07, 6.45) is 6.10. The molecule has 0 spiro atoms. The van der Waals surface area contributed by atoms with E-state index in [9.17, 15) is 28.8 Å². The second kappa shape index (κ2) is 14.9. The van der Waals surface area contributed by atoms with E-state index in [1.165, 1.54) is 26.6 Å². The van der Waals surface area contributed by atoms with Crippen LogP contribution in [0.15, 0.2) is 24.3 Å². The molecule has 6 aliphatic rings. The largest absolute Gasteiger partial charge is 0.359 e. The molecule has 244 valence electrons. The van der Waals surface area contributed by atoms with Crippen molar-refractivity contribution in [3.05, 3.63) is 24.3 Å². The lowest BCUT2D eigenvalue weighted by Gasteiger charge is -2.18. The van der Waals surface area contributed by atoms with Gasteiger partial charge >= 0.3 is 5.97 Å². The first kappa shape index (κ1) is 35.6. The van der Waals surface area contributed by atoms with E-state index in [-0.39, 0.29) is 52.9 Å². The van der Waals surface area contributed by atoms with Gasteiger partial charge in [-0.25, -0.2) is 4.79 Å². The van der Waals surface area contributed by atoms with E-state index >= 15 is 0 Å². The molecule has 0 radical (unpaired) electrons. The molecule has 4 bridgehead atoms. The summed E-state index contributed by atoms with van der Waals surface area (Å²) in [5, 5.41) is 9.73. The van der Waals surface area contributed by atoms with Crippen molar-refractivity contribution in [2.75, 3.05) is 19.6 Å². The van der Waals surface area contributed by atoms with Crippen LogP contribution in [0.5, 0.6) is 0 Å². The number of carbonyl (C=O) groups excluding carboxylic acids is 6. The number of hydrogen-bond donors (Lipinski definition) is 1. The first-order chi connectivity index (χ1) is 20.7. The predicted molar refractivity (Wildman–Crippen MR) is 161 cm³/mol. The molecule has 0 aromatic heterocycles. The standard InChI is InChI=1S/C13H15NO4.C9H11NO3.C6H15N.C4H5ClO/c1-6(2)13(17)18-14-11(15)9-7-3-4-8(5-7)10(9)12(14)16;11-8-6-4-1-2-5(3-4)7(6)9(12)10(8)13;1-4-7(5-2)6-3;1-3(2)4(5)6/h7-10H,1,3-5H2,2H3;4-7,13H,1-3H2;4-6H2,1-3H3;1H2,2H3. The molecule has 8 atom stereocenters. The van der Waals surface area contributed by atoms with Gasteiger partial charge in [-0.2, -0.15) is 5.06 Å². The van der Waals surface area contributed by atoms with Crippen LogP contribution < -0.4 is 0 Å². The third-order valence-electron chi connectivity index (χ3n) is 9.99. The van der Waals surface area contributed by atoms with Crippen molar-refractivity contribution >= 4 is 46.4 Å². The highest BCUT2D eigenvalue weighted by atomic mass is 35.5. The summed E-state index contributed by atoms with van der Waals surface area (Å²) in [7, 11) is 0. The monoisotopic (exact) mass is 635 g/mol. The molecular formula is C32H46ClN3O8. The Morgan fingerprint density at radius 3 is 1.32 bits per heavy atom. The van der Waals surface area contributed by atoms with Gasteiger partial charge in [0, 0.05) is 11.1 Å². The second-order valence-electron chi connectivity index (χ2n) is 12.6.